The summed E-state index contributed by atoms with van der Waals surface area (Å²) < 4.78 is 0. The number of nitrogens with one attached hydrogen (secondary N) is 2. The Balaban J connectivity index is 2.28. The molecular weight excluding hydrogens is 258 g/mol. The van der Waals surface area contributed by atoms with Crippen molar-refractivity contribution >= 4 is 12.0 Å². The predicted octanol–water partition coefficient (Wildman–Crippen LogP) is 1.94. The highest BCUT2D eigenvalue weighted by Gasteiger charge is 2.11. The molecule has 6 heteroatoms. The first-order chi connectivity index (χ1) is 9.49. The highest BCUT2D eigenvalue weighted by Crippen LogP contribution is 2.07. The molecule has 110 valence electrons. The molecule has 6 nitrogen and oxygen atoms in total. The van der Waals surface area contributed by atoms with Crippen molar-refractivity contribution in [1.29, 1.82) is 0 Å². The summed E-state index contributed by atoms with van der Waals surface area (Å²) in [6.07, 6.45) is 2.35. The summed E-state index contributed by atoms with van der Waals surface area (Å²) in [5.41, 5.74) is 0.793. The number of amides is 2. The molecule has 0 saturated heterocycles. The van der Waals surface area contributed by atoms with Gasteiger partial charge in [-0.1, -0.05) is 13.0 Å². The summed E-state index contributed by atoms with van der Waals surface area (Å²) in [6, 6.07) is 5.09. The van der Waals surface area contributed by atoms with Gasteiger partial charge in [-0.25, -0.2) is 4.79 Å². The van der Waals surface area contributed by atoms with Crippen LogP contribution >= 0.6 is 0 Å². The van der Waals surface area contributed by atoms with E-state index in [0.717, 1.165) is 5.69 Å². The highest BCUT2D eigenvalue weighted by molar-refractivity contribution is 5.74. The van der Waals surface area contributed by atoms with E-state index in [1.807, 2.05) is 32.0 Å². The number of aliphatic carboxylic acids is 1. The van der Waals surface area contributed by atoms with Crippen LogP contribution in [0.3, 0.4) is 0 Å². The van der Waals surface area contributed by atoms with Crippen LogP contribution in [0, 0.1) is 5.92 Å². The van der Waals surface area contributed by atoms with Crippen molar-refractivity contribution in [2.24, 2.45) is 5.92 Å². The molecule has 0 aromatic carbocycles. The van der Waals surface area contributed by atoms with Crippen LogP contribution in [0.2, 0.25) is 0 Å². The van der Waals surface area contributed by atoms with Crippen LogP contribution in [0.4, 0.5) is 4.79 Å². The van der Waals surface area contributed by atoms with Gasteiger partial charge in [0.25, 0.3) is 0 Å². The van der Waals surface area contributed by atoms with Gasteiger partial charge in [0.15, 0.2) is 0 Å². The number of hydrogen-bond acceptors (Lipinski definition) is 3. The van der Waals surface area contributed by atoms with Crippen molar-refractivity contribution < 1.29 is 14.7 Å². The average Bonchev–Trinajstić information content (AvgIpc) is 2.43. The molecule has 0 radical (unpaired) electrons. The van der Waals surface area contributed by atoms with Crippen molar-refractivity contribution in [3.63, 3.8) is 0 Å². The van der Waals surface area contributed by atoms with E-state index in [-0.39, 0.29) is 24.4 Å². The van der Waals surface area contributed by atoms with Crippen molar-refractivity contribution in [2.45, 2.75) is 32.7 Å². The molecule has 1 heterocycles. The van der Waals surface area contributed by atoms with Crippen molar-refractivity contribution in [3.8, 4) is 0 Å². The lowest BCUT2D eigenvalue weighted by molar-refractivity contribution is -0.137. The van der Waals surface area contributed by atoms with E-state index in [0.29, 0.717) is 13.0 Å². The topological polar surface area (TPSA) is 91.3 Å². The van der Waals surface area contributed by atoms with Crippen LogP contribution in [0.15, 0.2) is 24.4 Å². The lowest BCUT2D eigenvalue weighted by atomic mass is 10.1. The number of hydrogen-bond donors (Lipinski definition) is 3. The summed E-state index contributed by atoms with van der Waals surface area (Å²) in [5.74, 6) is -0.688. The maximum absolute atomic E-state index is 11.7. The van der Waals surface area contributed by atoms with Gasteiger partial charge in [0, 0.05) is 19.2 Å². The SMILES string of the molecule is CC(CCC(=O)O)CNC(=O)NC(C)c1ccccn1. The maximum Gasteiger partial charge on any atom is 0.315 e. The second kappa shape index (κ2) is 8.14. The Kier molecular flexibility index (Phi) is 6.49. The second-order valence-corrected chi connectivity index (χ2v) is 4.87. The van der Waals surface area contributed by atoms with Gasteiger partial charge in [-0.05, 0) is 31.4 Å². The van der Waals surface area contributed by atoms with Gasteiger partial charge < -0.3 is 15.7 Å². The molecule has 3 N–H and O–H groups in total. The number of pyridine rings is 1. The fraction of sp³-hybridized carbons (Fsp3) is 0.500. The van der Waals surface area contributed by atoms with E-state index in [1.54, 1.807) is 6.20 Å². The number of carboxylic acids is 1. The fourth-order valence-corrected chi connectivity index (χ4v) is 1.69. The largest absolute Gasteiger partial charge is 0.481 e. The maximum atomic E-state index is 11.7. The Morgan fingerprint density at radius 1 is 1.35 bits per heavy atom. The lowest BCUT2D eigenvalue weighted by Gasteiger charge is -2.16. The Morgan fingerprint density at radius 2 is 2.10 bits per heavy atom. The van der Waals surface area contributed by atoms with Crippen molar-refractivity contribution in [1.82, 2.24) is 15.6 Å². The van der Waals surface area contributed by atoms with Crippen molar-refractivity contribution in [2.75, 3.05) is 6.54 Å². The first-order valence-electron chi connectivity index (χ1n) is 6.66. The summed E-state index contributed by atoms with van der Waals surface area (Å²) in [4.78, 5) is 26.3. The van der Waals surface area contributed by atoms with Gasteiger partial charge in [-0.2, -0.15) is 0 Å². The normalized spacial score (nSPS) is 13.3. The lowest BCUT2D eigenvalue weighted by Crippen LogP contribution is -2.39. The molecule has 0 spiro atoms. The molecule has 0 saturated carbocycles. The number of urea groups is 1. The van der Waals surface area contributed by atoms with Crippen LogP contribution in [0.5, 0.6) is 0 Å². The van der Waals surface area contributed by atoms with Gasteiger partial charge in [-0.15, -0.1) is 0 Å². The zero-order valence-electron chi connectivity index (χ0n) is 11.8. The summed E-state index contributed by atoms with van der Waals surface area (Å²) in [5, 5.41) is 14.1. The van der Waals surface area contributed by atoms with E-state index in [1.165, 1.54) is 0 Å². The second-order valence-electron chi connectivity index (χ2n) is 4.87. The zero-order chi connectivity index (χ0) is 15.0. The van der Waals surface area contributed by atoms with E-state index in [4.69, 9.17) is 5.11 Å². The molecule has 2 unspecified atom stereocenters. The molecule has 1 rings (SSSR count). The standard InChI is InChI=1S/C14H21N3O3/c1-10(6-7-13(18)19)9-16-14(20)17-11(2)12-5-3-4-8-15-12/h3-5,8,10-11H,6-7,9H2,1-2H3,(H,18,19)(H2,16,17,20). The first kappa shape index (κ1) is 15.9. The fourth-order valence-electron chi connectivity index (χ4n) is 1.69. The molecule has 0 aliphatic rings. The Labute approximate surface area is 118 Å². The summed E-state index contributed by atoms with van der Waals surface area (Å²) in [6.45, 7) is 4.22. The number of nitrogens with zero attached hydrogens (tertiary/aromatic N) is 1. The molecule has 2 atom stereocenters. The van der Waals surface area contributed by atoms with Gasteiger partial charge >= 0.3 is 12.0 Å². The number of carbonyl (C=O) groups is 2. The van der Waals surface area contributed by atoms with Crippen LogP contribution in [-0.2, 0) is 4.79 Å². The third-order valence-corrected chi connectivity index (χ3v) is 2.94. The monoisotopic (exact) mass is 279 g/mol. The Hall–Kier alpha value is -2.11. The van der Waals surface area contributed by atoms with Crippen LogP contribution in [-0.4, -0.2) is 28.6 Å². The molecule has 0 aliphatic carbocycles. The number of rotatable bonds is 7. The smallest absolute Gasteiger partial charge is 0.315 e. The minimum absolute atomic E-state index is 0.120. The zero-order valence-corrected chi connectivity index (χ0v) is 11.8. The molecule has 1 aromatic heterocycles. The van der Waals surface area contributed by atoms with E-state index < -0.39 is 5.97 Å². The third-order valence-electron chi connectivity index (χ3n) is 2.94. The number of aromatic nitrogens is 1. The van der Waals surface area contributed by atoms with Gasteiger partial charge in [0.05, 0.1) is 11.7 Å². The average molecular weight is 279 g/mol. The number of carboxylic acid groups (broad SMARTS) is 1. The molecule has 0 aliphatic heterocycles. The quantitative estimate of drug-likeness (QED) is 0.711. The summed E-state index contributed by atoms with van der Waals surface area (Å²) in [7, 11) is 0. The minimum atomic E-state index is -0.815. The van der Waals surface area contributed by atoms with Crippen LogP contribution in [0.1, 0.15) is 38.4 Å². The molecule has 2 amide bonds. The predicted molar refractivity (Wildman–Crippen MR) is 75.2 cm³/mol. The molecule has 0 bridgehead atoms. The van der Waals surface area contributed by atoms with Crippen LogP contribution < -0.4 is 10.6 Å². The van der Waals surface area contributed by atoms with Crippen molar-refractivity contribution in [3.05, 3.63) is 30.1 Å². The minimum Gasteiger partial charge on any atom is -0.481 e. The Bertz CT molecular complexity index is 437. The van der Waals surface area contributed by atoms with Gasteiger partial charge in [0.1, 0.15) is 0 Å². The highest BCUT2D eigenvalue weighted by atomic mass is 16.4. The molecule has 1 aromatic rings. The van der Waals surface area contributed by atoms with E-state index in [9.17, 15) is 9.59 Å². The van der Waals surface area contributed by atoms with Gasteiger partial charge in [0.2, 0.25) is 0 Å². The van der Waals surface area contributed by atoms with Gasteiger partial charge in [-0.3, -0.25) is 9.78 Å². The van der Waals surface area contributed by atoms with E-state index >= 15 is 0 Å². The molecule has 0 fully saturated rings. The molecular formula is C14H21N3O3. The molecule has 20 heavy (non-hydrogen) atoms. The number of carbonyl (C=O) groups excluding carboxylic acids is 1. The van der Waals surface area contributed by atoms with Crippen LogP contribution in [0.25, 0.3) is 0 Å². The Morgan fingerprint density at radius 3 is 2.70 bits per heavy atom. The van der Waals surface area contributed by atoms with E-state index in [2.05, 4.69) is 15.6 Å². The first-order valence-corrected chi connectivity index (χ1v) is 6.66. The third kappa shape index (κ3) is 6.17. The summed E-state index contributed by atoms with van der Waals surface area (Å²) >= 11 is 0.